The monoisotopic (exact) mass is 157 g/mol. The molecule has 0 radical (unpaired) electrons. The molecule has 0 rings (SSSR count). The van der Waals surface area contributed by atoms with Gasteiger partial charge in [0, 0.05) is 5.57 Å². The molecular weight excluding hydrogens is 142 g/mol. The number of esters is 1. The van der Waals surface area contributed by atoms with Gasteiger partial charge in [-0.05, 0) is 20.3 Å². The molecule has 0 saturated heterocycles. The maximum Gasteiger partial charge on any atom is 0.334 e. The minimum absolute atomic E-state index is 0.370. The minimum atomic E-state index is -0.865. The SMILES string of the molecule is C=C(C)C(=O)OC(C)(N)CC. The number of hydrogen-bond donors (Lipinski definition) is 1. The molecule has 0 aromatic rings. The molecule has 0 aromatic heterocycles. The summed E-state index contributed by atoms with van der Waals surface area (Å²) in [5.74, 6) is -0.433. The third-order valence-corrected chi connectivity index (χ3v) is 1.38. The summed E-state index contributed by atoms with van der Waals surface area (Å²) in [6.45, 7) is 8.55. The summed E-state index contributed by atoms with van der Waals surface area (Å²) in [7, 11) is 0. The van der Waals surface area contributed by atoms with Crippen LogP contribution in [0.1, 0.15) is 27.2 Å². The molecule has 0 saturated carbocycles. The van der Waals surface area contributed by atoms with Gasteiger partial charge >= 0.3 is 5.97 Å². The van der Waals surface area contributed by atoms with Crippen LogP contribution in [0.4, 0.5) is 0 Å². The van der Waals surface area contributed by atoms with Gasteiger partial charge < -0.3 is 4.74 Å². The van der Waals surface area contributed by atoms with Crippen LogP contribution in [0.5, 0.6) is 0 Å². The number of rotatable bonds is 3. The first-order chi connectivity index (χ1) is 4.89. The van der Waals surface area contributed by atoms with Crippen LogP contribution in [0.25, 0.3) is 0 Å². The van der Waals surface area contributed by atoms with Gasteiger partial charge in [0.05, 0.1) is 0 Å². The molecule has 3 heteroatoms. The molecule has 0 amide bonds. The van der Waals surface area contributed by atoms with Crippen molar-refractivity contribution in [2.45, 2.75) is 32.9 Å². The average Bonchev–Trinajstić information content (AvgIpc) is 1.87. The molecule has 1 unspecified atom stereocenters. The second kappa shape index (κ2) is 3.53. The number of hydrogen-bond acceptors (Lipinski definition) is 3. The van der Waals surface area contributed by atoms with Crippen LogP contribution >= 0.6 is 0 Å². The fourth-order valence-corrected chi connectivity index (χ4v) is 0.371. The lowest BCUT2D eigenvalue weighted by Gasteiger charge is -2.22. The predicted molar refractivity (Wildman–Crippen MR) is 43.8 cm³/mol. The average molecular weight is 157 g/mol. The van der Waals surface area contributed by atoms with E-state index >= 15 is 0 Å². The Balaban J connectivity index is 4.04. The van der Waals surface area contributed by atoms with Crippen LogP contribution < -0.4 is 5.73 Å². The zero-order chi connectivity index (χ0) is 9.07. The van der Waals surface area contributed by atoms with Crippen LogP contribution in [0.2, 0.25) is 0 Å². The van der Waals surface area contributed by atoms with Crippen molar-refractivity contribution in [2.24, 2.45) is 5.73 Å². The van der Waals surface area contributed by atoms with E-state index in [1.54, 1.807) is 13.8 Å². The lowest BCUT2D eigenvalue weighted by molar-refractivity contribution is -0.152. The van der Waals surface area contributed by atoms with Crippen molar-refractivity contribution in [3.05, 3.63) is 12.2 Å². The molecule has 0 heterocycles. The first-order valence-electron chi connectivity index (χ1n) is 3.57. The molecule has 64 valence electrons. The van der Waals surface area contributed by atoms with Crippen molar-refractivity contribution in [3.8, 4) is 0 Å². The van der Waals surface area contributed by atoms with Crippen LogP contribution in [-0.2, 0) is 9.53 Å². The minimum Gasteiger partial charge on any atom is -0.441 e. The Morgan fingerprint density at radius 2 is 2.18 bits per heavy atom. The van der Waals surface area contributed by atoms with Gasteiger partial charge in [0.1, 0.15) is 0 Å². The summed E-state index contributed by atoms with van der Waals surface area (Å²) >= 11 is 0. The highest BCUT2D eigenvalue weighted by atomic mass is 16.6. The molecule has 2 N–H and O–H groups in total. The van der Waals surface area contributed by atoms with Crippen LogP contribution in [0, 0.1) is 0 Å². The van der Waals surface area contributed by atoms with Crippen LogP contribution in [0.3, 0.4) is 0 Å². The van der Waals surface area contributed by atoms with Crippen LogP contribution in [0.15, 0.2) is 12.2 Å². The van der Waals surface area contributed by atoms with Gasteiger partial charge in [-0.1, -0.05) is 13.5 Å². The highest BCUT2D eigenvalue weighted by molar-refractivity contribution is 5.87. The Bertz CT molecular complexity index is 173. The molecule has 3 nitrogen and oxygen atoms in total. The fourth-order valence-electron chi connectivity index (χ4n) is 0.371. The van der Waals surface area contributed by atoms with E-state index in [0.717, 1.165) is 0 Å². The van der Waals surface area contributed by atoms with Gasteiger partial charge in [-0.2, -0.15) is 0 Å². The van der Waals surface area contributed by atoms with E-state index in [2.05, 4.69) is 6.58 Å². The second-order valence-electron chi connectivity index (χ2n) is 2.84. The standard InChI is InChI=1S/C8H15NO2/c1-5-8(4,9)11-7(10)6(2)3/h2,5,9H2,1,3-4H3. The van der Waals surface area contributed by atoms with E-state index < -0.39 is 11.7 Å². The summed E-state index contributed by atoms with van der Waals surface area (Å²) in [6, 6.07) is 0. The Hall–Kier alpha value is -0.830. The maximum absolute atomic E-state index is 10.9. The molecule has 11 heavy (non-hydrogen) atoms. The largest absolute Gasteiger partial charge is 0.441 e. The quantitative estimate of drug-likeness (QED) is 0.380. The molecule has 0 spiro atoms. The van der Waals surface area contributed by atoms with E-state index in [0.29, 0.717) is 12.0 Å². The maximum atomic E-state index is 10.9. The van der Waals surface area contributed by atoms with E-state index in [9.17, 15) is 4.79 Å². The second-order valence-corrected chi connectivity index (χ2v) is 2.84. The molecule has 0 aliphatic heterocycles. The normalized spacial score (nSPS) is 15.3. The zero-order valence-electron chi connectivity index (χ0n) is 7.31. The molecule has 1 atom stereocenters. The van der Waals surface area contributed by atoms with Gasteiger partial charge in [-0.3, -0.25) is 5.73 Å². The number of carbonyl (C=O) groups excluding carboxylic acids is 1. The third kappa shape index (κ3) is 3.78. The van der Waals surface area contributed by atoms with Crippen molar-refractivity contribution in [1.82, 2.24) is 0 Å². The zero-order valence-corrected chi connectivity index (χ0v) is 7.31. The predicted octanol–water partition coefficient (Wildman–Crippen LogP) is 1.19. The summed E-state index contributed by atoms with van der Waals surface area (Å²) in [5.41, 5.74) is 5.08. The molecule has 0 aliphatic carbocycles. The van der Waals surface area contributed by atoms with E-state index in [4.69, 9.17) is 10.5 Å². The Kier molecular flexibility index (Phi) is 3.26. The van der Waals surface area contributed by atoms with E-state index in [1.165, 1.54) is 0 Å². The van der Waals surface area contributed by atoms with Crippen molar-refractivity contribution < 1.29 is 9.53 Å². The molecular formula is C8H15NO2. The molecule has 0 fully saturated rings. The number of carbonyl (C=O) groups is 1. The van der Waals surface area contributed by atoms with Gasteiger partial charge in [0.15, 0.2) is 5.72 Å². The van der Waals surface area contributed by atoms with Gasteiger partial charge in [-0.25, -0.2) is 4.79 Å². The van der Waals surface area contributed by atoms with Crippen molar-refractivity contribution >= 4 is 5.97 Å². The first-order valence-corrected chi connectivity index (χ1v) is 3.57. The van der Waals surface area contributed by atoms with Crippen molar-refractivity contribution in [2.75, 3.05) is 0 Å². The first kappa shape index (κ1) is 10.2. The van der Waals surface area contributed by atoms with Gasteiger partial charge in [0.2, 0.25) is 0 Å². The number of nitrogens with two attached hydrogens (primary N) is 1. The van der Waals surface area contributed by atoms with Crippen molar-refractivity contribution in [1.29, 1.82) is 0 Å². The topological polar surface area (TPSA) is 52.3 Å². The summed E-state index contributed by atoms with van der Waals surface area (Å²) < 4.78 is 4.89. The summed E-state index contributed by atoms with van der Waals surface area (Å²) in [4.78, 5) is 10.9. The van der Waals surface area contributed by atoms with E-state index in [-0.39, 0.29) is 0 Å². The highest BCUT2D eigenvalue weighted by Gasteiger charge is 2.20. The van der Waals surface area contributed by atoms with Gasteiger partial charge in [-0.15, -0.1) is 0 Å². The van der Waals surface area contributed by atoms with Gasteiger partial charge in [0.25, 0.3) is 0 Å². The van der Waals surface area contributed by atoms with Crippen molar-refractivity contribution in [3.63, 3.8) is 0 Å². The smallest absolute Gasteiger partial charge is 0.334 e. The summed E-state index contributed by atoms with van der Waals surface area (Å²) in [5, 5.41) is 0. The summed E-state index contributed by atoms with van der Waals surface area (Å²) in [6.07, 6.45) is 0.589. The van der Waals surface area contributed by atoms with E-state index in [1.807, 2.05) is 6.92 Å². The Morgan fingerprint density at radius 3 is 2.45 bits per heavy atom. The molecule has 0 bridgehead atoms. The number of ether oxygens (including phenoxy) is 1. The fraction of sp³-hybridized carbons (Fsp3) is 0.625. The third-order valence-electron chi connectivity index (χ3n) is 1.38. The Morgan fingerprint density at radius 1 is 1.73 bits per heavy atom. The molecule has 0 aromatic carbocycles. The Labute approximate surface area is 67.2 Å². The lowest BCUT2D eigenvalue weighted by atomic mass is 10.2. The highest BCUT2D eigenvalue weighted by Crippen LogP contribution is 2.08. The lowest BCUT2D eigenvalue weighted by Crippen LogP contribution is -2.40. The molecule has 0 aliphatic rings. The van der Waals surface area contributed by atoms with Crippen LogP contribution in [-0.4, -0.2) is 11.7 Å².